The predicted molar refractivity (Wildman–Crippen MR) is 256 cm³/mol. The van der Waals surface area contributed by atoms with E-state index in [0.29, 0.717) is 17.5 Å². The van der Waals surface area contributed by atoms with Gasteiger partial charge in [-0.25, -0.2) is 15.0 Å². The molecular weight excluding hydrogens is 741 g/mol. The molecule has 0 amide bonds. The lowest BCUT2D eigenvalue weighted by molar-refractivity contribution is 0.332. The van der Waals surface area contributed by atoms with Crippen LogP contribution >= 0.6 is 0 Å². The van der Waals surface area contributed by atoms with E-state index in [-0.39, 0.29) is 10.8 Å². The number of hydrogen-bond donors (Lipinski definition) is 0. The van der Waals surface area contributed by atoms with Crippen molar-refractivity contribution in [3.8, 4) is 39.9 Å². The zero-order chi connectivity index (χ0) is 41.0. The number of fused-ring (bicyclic) bond motifs is 9. The van der Waals surface area contributed by atoms with E-state index in [4.69, 9.17) is 15.0 Å². The maximum atomic E-state index is 5.27. The number of para-hydroxylation sites is 1. The molecule has 0 N–H and O–H groups in total. The molecule has 0 fully saturated rings. The van der Waals surface area contributed by atoms with Gasteiger partial charge in [-0.1, -0.05) is 155 Å². The highest BCUT2D eigenvalue weighted by molar-refractivity contribution is 6.11. The summed E-state index contributed by atoms with van der Waals surface area (Å²) in [6, 6.07) is 61.7. The second-order valence-corrected chi connectivity index (χ2v) is 18.3. The van der Waals surface area contributed by atoms with Gasteiger partial charge in [0.15, 0.2) is 17.5 Å². The Hall–Kier alpha value is -7.17. The van der Waals surface area contributed by atoms with E-state index >= 15 is 0 Å². The van der Waals surface area contributed by atoms with Crippen LogP contribution in [0, 0.1) is 0 Å². The first-order valence-corrected chi connectivity index (χ1v) is 21.5. The van der Waals surface area contributed by atoms with Crippen molar-refractivity contribution in [3.05, 3.63) is 181 Å². The molecule has 1 aliphatic rings. The second kappa shape index (κ2) is 13.2. The average molecular weight is 785 g/mol. The normalized spacial score (nSPS) is 14.7. The quantitative estimate of drug-likeness (QED) is 0.167. The summed E-state index contributed by atoms with van der Waals surface area (Å²) in [5.41, 5.74) is 9.69. The summed E-state index contributed by atoms with van der Waals surface area (Å²) < 4.78 is 2.47. The van der Waals surface area contributed by atoms with Gasteiger partial charge < -0.3 is 4.57 Å². The topological polar surface area (TPSA) is 43.6 Å². The molecule has 0 radical (unpaired) electrons. The van der Waals surface area contributed by atoms with Gasteiger partial charge in [-0.15, -0.1) is 0 Å². The fraction of sp³-hybridized carbons (Fsp3) is 0.140. The Bertz CT molecular complexity index is 3600. The fourth-order valence-corrected chi connectivity index (χ4v) is 10.1. The Balaban J connectivity index is 1.05. The highest BCUT2D eigenvalue weighted by atomic mass is 15.0. The molecule has 1 aliphatic carbocycles. The van der Waals surface area contributed by atoms with Gasteiger partial charge in [0, 0.05) is 33.2 Å². The Morgan fingerprint density at radius 1 is 0.377 bits per heavy atom. The predicted octanol–water partition coefficient (Wildman–Crippen LogP) is 14.9. The summed E-state index contributed by atoms with van der Waals surface area (Å²) in [6.07, 6.45) is 2.37. The molecular formula is C57H44N4. The van der Waals surface area contributed by atoms with E-state index in [2.05, 4.69) is 202 Å². The van der Waals surface area contributed by atoms with Gasteiger partial charge in [-0.2, -0.15) is 0 Å². The summed E-state index contributed by atoms with van der Waals surface area (Å²) in [7, 11) is 0. The Morgan fingerprint density at radius 3 is 1.70 bits per heavy atom. The Morgan fingerprint density at radius 2 is 0.934 bits per heavy atom. The number of benzene rings is 9. The van der Waals surface area contributed by atoms with Crippen LogP contribution in [0.2, 0.25) is 0 Å². The summed E-state index contributed by atoms with van der Waals surface area (Å²) in [5, 5.41) is 12.0. The number of hydrogen-bond acceptors (Lipinski definition) is 3. The van der Waals surface area contributed by atoms with Crippen LogP contribution < -0.4 is 0 Å². The van der Waals surface area contributed by atoms with E-state index in [1.165, 1.54) is 72.7 Å². The van der Waals surface area contributed by atoms with Crippen molar-refractivity contribution in [1.82, 2.24) is 19.5 Å². The molecule has 0 saturated carbocycles. The zero-order valence-corrected chi connectivity index (χ0v) is 34.9. The zero-order valence-electron chi connectivity index (χ0n) is 34.9. The van der Waals surface area contributed by atoms with Crippen LogP contribution in [0.25, 0.3) is 105 Å². The summed E-state index contributed by atoms with van der Waals surface area (Å²) in [4.78, 5) is 15.8. The highest BCUT2D eigenvalue weighted by Gasteiger charge is 2.38. The van der Waals surface area contributed by atoms with Crippen LogP contribution in [-0.4, -0.2) is 19.5 Å². The maximum absolute atomic E-state index is 5.27. The molecule has 4 nitrogen and oxygen atoms in total. The van der Waals surface area contributed by atoms with Crippen LogP contribution in [0.1, 0.15) is 51.7 Å². The summed E-state index contributed by atoms with van der Waals surface area (Å²) >= 11 is 0. The van der Waals surface area contributed by atoms with Crippen LogP contribution in [0.15, 0.2) is 170 Å². The Kier molecular flexibility index (Phi) is 7.71. The van der Waals surface area contributed by atoms with Crippen LogP contribution in [-0.2, 0) is 10.8 Å². The van der Waals surface area contributed by atoms with Crippen molar-refractivity contribution in [3.63, 3.8) is 0 Å². The van der Waals surface area contributed by atoms with Crippen molar-refractivity contribution in [2.45, 2.75) is 51.4 Å². The lowest BCUT2D eigenvalue weighted by Gasteiger charge is -2.42. The number of rotatable bonds is 4. The lowest BCUT2D eigenvalue weighted by atomic mass is 9.63. The van der Waals surface area contributed by atoms with E-state index < -0.39 is 0 Å². The minimum Gasteiger partial charge on any atom is -0.309 e. The molecule has 11 aromatic rings. The first-order chi connectivity index (χ1) is 29.7. The summed E-state index contributed by atoms with van der Waals surface area (Å²) in [6.45, 7) is 9.66. The van der Waals surface area contributed by atoms with Gasteiger partial charge in [0.1, 0.15) is 0 Å². The monoisotopic (exact) mass is 784 g/mol. The molecule has 292 valence electrons. The SMILES string of the molecule is CC1(C)CCC(C)(C)c2cc3c(cc21)c1ccccc1n3-c1ccc2ccc(-c3nc(-c4ccc5ccc6ccccc6c5c4)nc(-c4cccc5ccccc45)n3)cc2c1. The smallest absolute Gasteiger partial charge is 0.164 e. The van der Waals surface area contributed by atoms with Crippen molar-refractivity contribution < 1.29 is 0 Å². The molecule has 0 unspecified atom stereocenters. The standard InChI is InChI=1S/C57H44N4/c1-56(2)28-29-57(3,4)50-34-52-48(33-49(50)56)45-17-9-10-19-51(45)61(52)42-27-26-35-20-24-39(30-41(35)31-42)53-58-54(60-55(59-53)46-18-11-14-36-12-5-7-15-43(36)46)40-25-23-38-22-21-37-13-6-8-16-44(37)47(38)32-40/h5-27,30-34H,28-29H2,1-4H3. The largest absolute Gasteiger partial charge is 0.309 e. The van der Waals surface area contributed by atoms with Crippen LogP contribution in [0.5, 0.6) is 0 Å². The van der Waals surface area contributed by atoms with Gasteiger partial charge in [-0.05, 0) is 120 Å². The number of aromatic nitrogens is 4. The Labute approximate surface area is 355 Å². The molecule has 0 aliphatic heterocycles. The lowest BCUT2D eigenvalue weighted by Crippen LogP contribution is -2.33. The third-order valence-corrected chi connectivity index (χ3v) is 13.7. The third-order valence-electron chi connectivity index (χ3n) is 13.7. The first kappa shape index (κ1) is 35.7. The van der Waals surface area contributed by atoms with Crippen molar-refractivity contribution in [1.29, 1.82) is 0 Å². The molecule has 12 rings (SSSR count). The van der Waals surface area contributed by atoms with E-state index in [1.807, 2.05) is 0 Å². The van der Waals surface area contributed by atoms with Crippen LogP contribution in [0.3, 0.4) is 0 Å². The van der Waals surface area contributed by atoms with Crippen molar-refractivity contribution in [2.24, 2.45) is 0 Å². The van der Waals surface area contributed by atoms with Gasteiger partial charge >= 0.3 is 0 Å². The fourth-order valence-electron chi connectivity index (χ4n) is 10.1. The molecule has 61 heavy (non-hydrogen) atoms. The van der Waals surface area contributed by atoms with Crippen molar-refractivity contribution in [2.75, 3.05) is 0 Å². The van der Waals surface area contributed by atoms with E-state index in [1.54, 1.807) is 0 Å². The van der Waals surface area contributed by atoms with Gasteiger partial charge in [0.2, 0.25) is 0 Å². The van der Waals surface area contributed by atoms with E-state index in [0.717, 1.165) is 38.5 Å². The van der Waals surface area contributed by atoms with Gasteiger partial charge in [-0.3, -0.25) is 0 Å². The second-order valence-electron chi connectivity index (χ2n) is 18.3. The molecule has 0 saturated heterocycles. The molecule has 2 aromatic heterocycles. The molecule has 0 atom stereocenters. The third kappa shape index (κ3) is 5.69. The van der Waals surface area contributed by atoms with Crippen LogP contribution in [0.4, 0.5) is 0 Å². The number of nitrogens with zero attached hydrogens (tertiary/aromatic N) is 4. The molecule has 4 heteroatoms. The molecule has 0 spiro atoms. The van der Waals surface area contributed by atoms with Crippen molar-refractivity contribution >= 4 is 64.9 Å². The summed E-state index contributed by atoms with van der Waals surface area (Å²) in [5.74, 6) is 1.95. The van der Waals surface area contributed by atoms with Gasteiger partial charge in [0.25, 0.3) is 0 Å². The van der Waals surface area contributed by atoms with E-state index in [9.17, 15) is 0 Å². The van der Waals surface area contributed by atoms with Gasteiger partial charge in [0.05, 0.1) is 11.0 Å². The first-order valence-electron chi connectivity index (χ1n) is 21.5. The molecule has 0 bridgehead atoms. The minimum atomic E-state index is 0.105. The minimum absolute atomic E-state index is 0.105. The molecule has 2 heterocycles. The molecule has 9 aromatic carbocycles. The maximum Gasteiger partial charge on any atom is 0.164 e. The highest BCUT2D eigenvalue weighted by Crippen LogP contribution is 2.48. The average Bonchev–Trinajstić information content (AvgIpc) is 3.63.